The molecule has 1 aliphatic heterocycles. The maximum absolute atomic E-state index is 10.2. The van der Waals surface area contributed by atoms with Crippen molar-refractivity contribution in [2.45, 2.75) is 25.9 Å². The Labute approximate surface area is 121 Å². The van der Waals surface area contributed by atoms with Crippen LogP contribution in [0.5, 0.6) is 0 Å². The van der Waals surface area contributed by atoms with Crippen LogP contribution in [0.1, 0.15) is 31.4 Å². The molecule has 0 saturated carbocycles. The Balaban J connectivity index is 2.11. The SMILES string of the molecule is CC[C@H](O)c1ccccc1N1CCCN(CCO)CC1. The minimum Gasteiger partial charge on any atom is -0.395 e. The molecule has 0 bridgehead atoms. The lowest BCUT2D eigenvalue weighted by Gasteiger charge is -2.27. The van der Waals surface area contributed by atoms with E-state index in [-0.39, 0.29) is 12.7 Å². The van der Waals surface area contributed by atoms with Crippen LogP contribution in [-0.4, -0.2) is 54.4 Å². The molecule has 1 aromatic rings. The van der Waals surface area contributed by atoms with Gasteiger partial charge in [0.25, 0.3) is 0 Å². The summed E-state index contributed by atoms with van der Waals surface area (Å²) in [7, 11) is 0. The summed E-state index contributed by atoms with van der Waals surface area (Å²) in [5, 5.41) is 19.2. The molecule has 1 heterocycles. The molecule has 0 amide bonds. The smallest absolute Gasteiger partial charge is 0.0807 e. The van der Waals surface area contributed by atoms with E-state index >= 15 is 0 Å². The first-order chi connectivity index (χ1) is 9.76. The molecule has 1 aliphatic rings. The van der Waals surface area contributed by atoms with Gasteiger partial charge in [0.05, 0.1) is 12.7 Å². The van der Waals surface area contributed by atoms with Crippen molar-refractivity contribution < 1.29 is 10.2 Å². The summed E-state index contributed by atoms with van der Waals surface area (Å²) in [5.74, 6) is 0. The molecule has 1 aromatic carbocycles. The van der Waals surface area contributed by atoms with Crippen LogP contribution in [0.15, 0.2) is 24.3 Å². The van der Waals surface area contributed by atoms with Gasteiger partial charge in [-0.1, -0.05) is 25.1 Å². The Morgan fingerprint density at radius 3 is 2.70 bits per heavy atom. The average molecular weight is 278 g/mol. The molecule has 1 atom stereocenters. The molecule has 20 heavy (non-hydrogen) atoms. The van der Waals surface area contributed by atoms with Gasteiger partial charge in [0.1, 0.15) is 0 Å². The maximum Gasteiger partial charge on any atom is 0.0807 e. The Morgan fingerprint density at radius 1 is 1.15 bits per heavy atom. The lowest BCUT2D eigenvalue weighted by molar-refractivity contribution is 0.174. The first-order valence-corrected chi connectivity index (χ1v) is 7.61. The van der Waals surface area contributed by atoms with Crippen LogP contribution in [0.4, 0.5) is 5.69 Å². The van der Waals surface area contributed by atoms with Crippen molar-refractivity contribution in [1.82, 2.24) is 4.90 Å². The van der Waals surface area contributed by atoms with Crippen molar-refractivity contribution >= 4 is 5.69 Å². The van der Waals surface area contributed by atoms with Gasteiger partial charge in [0.2, 0.25) is 0 Å². The molecule has 1 saturated heterocycles. The summed E-state index contributed by atoms with van der Waals surface area (Å²) in [6.45, 7) is 6.96. The van der Waals surface area contributed by atoms with E-state index in [0.717, 1.165) is 56.8 Å². The van der Waals surface area contributed by atoms with Gasteiger partial charge in [-0.3, -0.25) is 4.90 Å². The molecule has 2 rings (SSSR count). The van der Waals surface area contributed by atoms with Crippen molar-refractivity contribution in [3.05, 3.63) is 29.8 Å². The third-order valence-electron chi connectivity index (χ3n) is 4.03. The van der Waals surface area contributed by atoms with Crippen molar-refractivity contribution in [1.29, 1.82) is 0 Å². The predicted octanol–water partition coefficient (Wildman–Crippen LogP) is 1.63. The van der Waals surface area contributed by atoms with Crippen LogP contribution in [0.25, 0.3) is 0 Å². The second kappa shape index (κ2) is 7.62. The molecule has 4 nitrogen and oxygen atoms in total. The zero-order valence-electron chi connectivity index (χ0n) is 12.3. The number of benzene rings is 1. The van der Waals surface area contributed by atoms with Gasteiger partial charge in [0, 0.05) is 37.4 Å². The largest absolute Gasteiger partial charge is 0.395 e. The zero-order chi connectivity index (χ0) is 14.4. The molecule has 0 aromatic heterocycles. The number of rotatable bonds is 5. The van der Waals surface area contributed by atoms with Crippen LogP contribution < -0.4 is 4.90 Å². The van der Waals surface area contributed by atoms with Crippen LogP contribution in [0.2, 0.25) is 0 Å². The topological polar surface area (TPSA) is 46.9 Å². The molecule has 1 fully saturated rings. The highest BCUT2D eigenvalue weighted by Gasteiger charge is 2.19. The number of anilines is 1. The first-order valence-electron chi connectivity index (χ1n) is 7.61. The van der Waals surface area contributed by atoms with Crippen LogP contribution in [-0.2, 0) is 0 Å². The average Bonchev–Trinajstić information content (AvgIpc) is 2.72. The summed E-state index contributed by atoms with van der Waals surface area (Å²) in [4.78, 5) is 4.67. The van der Waals surface area contributed by atoms with Crippen molar-refractivity contribution in [3.63, 3.8) is 0 Å². The van der Waals surface area contributed by atoms with Gasteiger partial charge in [0.15, 0.2) is 0 Å². The van der Waals surface area contributed by atoms with Gasteiger partial charge in [-0.05, 0) is 25.5 Å². The Morgan fingerprint density at radius 2 is 1.95 bits per heavy atom. The first kappa shape index (κ1) is 15.3. The fraction of sp³-hybridized carbons (Fsp3) is 0.625. The van der Waals surface area contributed by atoms with Crippen LogP contribution in [0.3, 0.4) is 0 Å². The summed E-state index contributed by atoms with van der Waals surface area (Å²) in [6.07, 6.45) is 1.45. The fourth-order valence-corrected chi connectivity index (χ4v) is 2.85. The quantitative estimate of drug-likeness (QED) is 0.859. The molecule has 0 spiro atoms. The summed E-state index contributed by atoms with van der Waals surface area (Å²) < 4.78 is 0. The number of aliphatic hydroxyl groups is 2. The fourth-order valence-electron chi connectivity index (χ4n) is 2.85. The minimum absolute atomic E-state index is 0.227. The molecular formula is C16H26N2O2. The molecular weight excluding hydrogens is 252 g/mol. The van der Waals surface area contributed by atoms with E-state index in [0.29, 0.717) is 0 Å². The number of para-hydroxylation sites is 1. The van der Waals surface area contributed by atoms with Crippen molar-refractivity contribution in [2.24, 2.45) is 0 Å². The Hall–Kier alpha value is -1.10. The van der Waals surface area contributed by atoms with E-state index in [1.807, 2.05) is 25.1 Å². The van der Waals surface area contributed by atoms with Crippen LogP contribution in [0, 0.1) is 0 Å². The summed E-state index contributed by atoms with van der Waals surface area (Å²) >= 11 is 0. The monoisotopic (exact) mass is 278 g/mol. The minimum atomic E-state index is -0.386. The molecule has 0 unspecified atom stereocenters. The highest BCUT2D eigenvalue weighted by atomic mass is 16.3. The van der Waals surface area contributed by atoms with Gasteiger partial charge in [-0.25, -0.2) is 0 Å². The summed E-state index contributed by atoms with van der Waals surface area (Å²) in [5.41, 5.74) is 2.19. The highest BCUT2D eigenvalue weighted by Crippen LogP contribution is 2.28. The standard InChI is InChI=1S/C16H26N2O2/c1-2-16(20)14-6-3-4-7-15(14)18-9-5-8-17(10-11-18)12-13-19/h3-4,6-7,16,19-20H,2,5,8-13H2,1H3/t16-/m0/s1. The molecule has 2 N–H and O–H groups in total. The predicted molar refractivity (Wildman–Crippen MR) is 82.0 cm³/mol. The van der Waals surface area contributed by atoms with Crippen molar-refractivity contribution in [2.75, 3.05) is 44.2 Å². The van der Waals surface area contributed by atoms with E-state index in [1.54, 1.807) is 0 Å². The van der Waals surface area contributed by atoms with Crippen LogP contribution >= 0.6 is 0 Å². The number of nitrogens with zero attached hydrogens (tertiary/aromatic N) is 2. The number of hydrogen-bond donors (Lipinski definition) is 2. The summed E-state index contributed by atoms with van der Waals surface area (Å²) in [6, 6.07) is 8.17. The van der Waals surface area contributed by atoms with Gasteiger partial charge in [-0.2, -0.15) is 0 Å². The Kier molecular flexibility index (Phi) is 5.83. The van der Waals surface area contributed by atoms with E-state index in [2.05, 4.69) is 15.9 Å². The van der Waals surface area contributed by atoms with Crippen molar-refractivity contribution in [3.8, 4) is 0 Å². The molecule has 112 valence electrons. The number of β-amino-alcohol motifs (C(OH)–C–C–N with tert-alkyl or cyclic N) is 1. The van der Waals surface area contributed by atoms with E-state index in [9.17, 15) is 5.11 Å². The lowest BCUT2D eigenvalue weighted by Crippen LogP contribution is -2.32. The molecule has 4 heteroatoms. The van der Waals surface area contributed by atoms with E-state index in [4.69, 9.17) is 5.11 Å². The molecule has 0 radical (unpaired) electrons. The normalized spacial score (nSPS) is 18.9. The second-order valence-electron chi connectivity index (χ2n) is 5.39. The van der Waals surface area contributed by atoms with Gasteiger partial charge < -0.3 is 15.1 Å². The lowest BCUT2D eigenvalue weighted by atomic mass is 10.0. The number of hydrogen-bond acceptors (Lipinski definition) is 4. The third-order valence-corrected chi connectivity index (χ3v) is 4.03. The second-order valence-corrected chi connectivity index (χ2v) is 5.39. The van der Waals surface area contributed by atoms with Gasteiger partial charge >= 0.3 is 0 Å². The zero-order valence-corrected chi connectivity index (χ0v) is 12.3. The third kappa shape index (κ3) is 3.72. The van der Waals surface area contributed by atoms with E-state index < -0.39 is 0 Å². The molecule has 0 aliphatic carbocycles. The Bertz CT molecular complexity index is 411. The highest BCUT2D eigenvalue weighted by molar-refractivity contribution is 5.54. The maximum atomic E-state index is 10.2. The number of aliphatic hydroxyl groups excluding tert-OH is 2. The van der Waals surface area contributed by atoms with Gasteiger partial charge in [-0.15, -0.1) is 0 Å². The van der Waals surface area contributed by atoms with E-state index in [1.165, 1.54) is 0 Å².